The molecule has 20 heavy (non-hydrogen) atoms. The molecular weight excluding hydrogens is 298 g/mol. The summed E-state index contributed by atoms with van der Waals surface area (Å²) in [5, 5.41) is 6.62. The van der Waals surface area contributed by atoms with E-state index in [1.165, 1.54) is 6.20 Å². The van der Waals surface area contributed by atoms with Crippen LogP contribution in [0.2, 0.25) is 5.15 Å². The van der Waals surface area contributed by atoms with Crippen molar-refractivity contribution in [3.8, 4) is 0 Å². The molecule has 1 aliphatic heterocycles. The lowest BCUT2D eigenvalue weighted by atomic mass is 10.1. The van der Waals surface area contributed by atoms with E-state index in [1.54, 1.807) is 0 Å². The number of hydrogen-bond donors (Lipinski definition) is 3. The van der Waals surface area contributed by atoms with Crippen LogP contribution in [0, 0.1) is 0 Å². The van der Waals surface area contributed by atoms with Crippen LogP contribution in [0.1, 0.15) is 19.8 Å². The Morgan fingerprint density at radius 3 is 3.25 bits per heavy atom. The summed E-state index contributed by atoms with van der Waals surface area (Å²) in [6, 6.07) is 0.293. The number of likely N-dealkylation sites (N-methyl/N-ethyl adjacent to an activating group) is 1. The number of likely N-dealkylation sites (tertiary alicyclic amines) is 1. The van der Waals surface area contributed by atoms with Crippen molar-refractivity contribution in [2.24, 2.45) is 0 Å². The minimum Gasteiger partial charge on any atom is -0.358 e. The van der Waals surface area contributed by atoms with Crippen LogP contribution in [0.4, 0.5) is 5.82 Å². The maximum absolute atomic E-state index is 11.6. The second kappa shape index (κ2) is 7.01. The quantitative estimate of drug-likeness (QED) is 0.728. The van der Waals surface area contributed by atoms with Crippen molar-refractivity contribution in [2.75, 3.05) is 25.0 Å². The summed E-state index contributed by atoms with van der Waals surface area (Å²) in [5.74, 6) is 0.109. The Hall–Kier alpha value is -1.18. The Morgan fingerprint density at radius 2 is 2.50 bits per heavy atom. The summed E-state index contributed by atoms with van der Waals surface area (Å²) < 4.78 is 0. The minimum absolute atomic E-state index is 0.109. The molecule has 0 saturated carbocycles. The van der Waals surface area contributed by atoms with Gasteiger partial charge in [0.15, 0.2) is 10.9 Å². The molecule has 1 aromatic rings. The summed E-state index contributed by atoms with van der Waals surface area (Å²) in [7, 11) is 0. The smallest absolute Gasteiger partial charge is 0.291 e. The van der Waals surface area contributed by atoms with Crippen molar-refractivity contribution >= 4 is 34.7 Å². The van der Waals surface area contributed by atoms with Gasteiger partial charge in [0.05, 0.1) is 0 Å². The van der Waals surface area contributed by atoms with Crippen LogP contribution in [-0.2, 0) is 0 Å². The van der Waals surface area contributed by atoms with E-state index >= 15 is 0 Å². The zero-order valence-electron chi connectivity index (χ0n) is 11.3. The van der Waals surface area contributed by atoms with Gasteiger partial charge in [-0.25, -0.2) is 4.98 Å². The van der Waals surface area contributed by atoms with Gasteiger partial charge in [0.25, 0.3) is 5.56 Å². The highest BCUT2D eigenvalue weighted by molar-refractivity contribution is 7.80. The molecule has 6 nitrogen and oxygen atoms in total. The summed E-state index contributed by atoms with van der Waals surface area (Å²) in [6.07, 6.45) is 3.55. The maximum atomic E-state index is 11.6. The summed E-state index contributed by atoms with van der Waals surface area (Å²) in [5.41, 5.74) is -0.350. The fourth-order valence-corrected chi connectivity index (χ4v) is 2.66. The van der Waals surface area contributed by atoms with Crippen molar-refractivity contribution in [1.82, 2.24) is 20.2 Å². The molecule has 3 N–H and O–H groups in total. The standard InChI is InChI=1S/C12H18ClN5OS/c1-2-18-5-3-4-8(7-18)15-12(20)17-10-11(19)14-6-9(13)16-10/h6,8H,2-5,7H2,1H3,(H,14,19)(H2,15,16,17,20)/t8-/m0/s1. The molecule has 0 amide bonds. The molecular formula is C12H18ClN5OS. The lowest BCUT2D eigenvalue weighted by molar-refractivity contribution is 0.210. The number of anilines is 1. The molecule has 110 valence electrons. The lowest BCUT2D eigenvalue weighted by Crippen LogP contribution is -2.49. The van der Waals surface area contributed by atoms with Gasteiger partial charge in [0, 0.05) is 18.8 Å². The van der Waals surface area contributed by atoms with Crippen molar-refractivity contribution in [2.45, 2.75) is 25.8 Å². The van der Waals surface area contributed by atoms with Crippen molar-refractivity contribution in [3.63, 3.8) is 0 Å². The first-order valence-electron chi connectivity index (χ1n) is 6.63. The number of piperidine rings is 1. The van der Waals surface area contributed by atoms with Gasteiger partial charge in [0.1, 0.15) is 5.15 Å². The number of H-pyrrole nitrogens is 1. The van der Waals surface area contributed by atoms with Gasteiger partial charge in [-0.1, -0.05) is 18.5 Å². The van der Waals surface area contributed by atoms with Crippen LogP contribution in [0.25, 0.3) is 0 Å². The molecule has 1 aromatic heterocycles. The number of nitrogens with one attached hydrogen (secondary N) is 3. The van der Waals surface area contributed by atoms with Gasteiger partial charge < -0.3 is 20.5 Å². The van der Waals surface area contributed by atoms with E-state index in [0.29, 0.717) is 11.2 Å². The van der Waals surface area contributed by atoms with E-state index in [2.05, 4.69) is 32.4 Å². The summed E-state index contributed by atoms with van der Waals surface area (Å²) >= 11 is 11.0. The van der Waals surface area contributed by atoms with Crippen molar-refractivity contribution < 1.29 is 0 Å². The van der Waals surface area contributed by atoms with Gasteiger partial charge in [-0.3, -0.25) is 4.79 Å². The molecule has 0 unspecified atom stereocenters. The molecule has 1 saturated heterocycles. The first-order chi connectivity index (χ1) is 9.58. The zero-order valence-corrected chi connectivity index (χ0v) is 12.9. The van der Waals surface area contributed by atoms with Gasteiger partial charge in [0.2, 0.25) is 0 Å². The average molecular weight is 316 g/mol. The molecule has 0 spiro atoms. The molecule has 2 heterocycles. The largest absolute Gasteiger partial charge is 0.358 e. The van der Waals surface area contributed by atoms with Crippen LogP contribution >= 0.6 is 23.8 Å². The van der Waals surface area contributed by atoms with Crippen LogP contribution in [0.15, 0.2) is 11.0 Å². The number of aromatic nitrogens is 2. The molecule has 0 bridgehead atoms. The second-order valence-corrected chi connectivity index (χ2v) is 5.53. The van der Waals surface area contributed by atoms with Crippen LogP contribution in [0.5, 0.6) is 0 Å². The number of thiocarbonyl (C=S) groups is 1. The third-order valence-corrected chi connectivity index (χ3v) is 3.69. The second-order valence-electron chi connectivity index (χ2n) is 4.73. The highest BCUT2D eigenvalue weighted by Crippen LogP contribution is 2.10. The number of hydrogen-bond acceptors (Lipinski definition) is 4. The predicted molar refractivity (Wildman–Crippen MR) is 84.4 cm³/mol. The van der Waals surface area contributed by atoms with Gasteiger partial charge in [-0.05, 0) is 38.1 Å². The monoisotopic (exact) mass is 315 g/mol. The van der Waals surface area contributed by atoms with Crippen LogP contribution in [-0.4, -0.2) is 45.7 Å². The average Bonchev–Trinajstić information content (AvgIpc) is 2.43. The fraction of sp³-hybridized carbons (Fsp3) is 0.583. The molecule has 1 atom stereocenters. The van der Waals surface area contributed by atoms with Gasteiger partial charge in [-0.2, -0.15) is 0 Å². The SMILES string of the molecule is CCN1CCC[C@H](NC(=S)Nc2nc(Cl)c[nH]c2=O)C1. The zero-order chi connectivity index (χ0) is 14.5. The van der Waals surface area contributed by atoms with E-state index < -0.39 is 0 Å². The number of halogens is 1. The Balaban J connectivity index is 1.92. The molecule has 2 rings (SSSR count). The Bertz CT molecular complexity index is 535. The lowest BCUT2D eigenvalue weighted by Gasteiger charge is -2.32. The van der Waals surface area contributed by atoms with E-state index in [0.717, 1.165) is 32.5 Å². The number of aromatic amines is 1. The molecule has 1 fully saturated rings. The normalized spacial score (nSPS) is 19.6. The van der Waals surface area contributed by atoms with Crippen molar-refractivity contribution in [1.29, 1.82) is 0 Å². The molecule has 0 aliphatic carbocycles. The minimum atomic E-state index is -0.350. The highest BCUT2D eigenvalue weighted by atomic mass is 35.5. The summed E-state index contributed by atoms with van der Waals surface area (Å²) in [4.78, 5) is 20.3. The van der Waals surface area contributed by atoms with E-state index in [-0.39, 0.29) is 16.5 Å². The first-order valence-corrected chi connectivity index (χ1v) is 7.42. The van der Waals surface area contributed by atoms with E-state index in [4.69, 9.17) is 23.8 Å². The number of nitrogens with zero attached hydrogens (tertiary/aromatic N) is 2. The van der Waals surface area contributed by atoms with Gasteiger partial charge in [-0.15, -0.1) is 0 Å². The van der Waals surface area contributed by atoms with Crippen molar-refractivity contribution in [3.05, 3.63) is 21.7 Å². The Morgan fingerprint density at radius 1 is 1.70 bits per heavy atom. The van der Waals surface area contributed by atoms with Gasteiger partial charge >= 0.3 is 0 Å². The topological polar surface area (TPSA) is 73.0 Å². The Labute approximate surface area is 127 Å². The molecule has 0 radical (unpaired) electrons. The van der Waals surface area contributed by atoms with E-state index in [9.17, 15) is 4.79 Å². The molecule has 8 heteroatoms. The highest BCUT2D eigenvalue weighted by Gasteiger charge is 2.19. The van der Waals surface area contributed by atoms with E-state index in [1.807, 2.05) is 0 Å². The van der Waals surface area contributed by atoms with Crippen LogP contribution < -0.4 is 16.2 Å². The Kier molecular flexibility index (Phi) is 5.33. The predicted octanol–water partition coefficient (Wildman–Crippen LogP) is 1.19. The molecule has 0 aromatic carbocycles. The fourth-order valence-electron chi connectivity index (χ4n) is 2.26. The first kappa shape index (κ1) is 15.2. The molecule has 1 aliphatic rings. The maximum Gasteiger partial charge on any atom is 0.291 e. The third kappa shape index (κ3) is 4.16. The summed E-state index contributed by atoms with van der Waals surface area (Å²) in [6.45, 7) is 5.27. The van der Waals surface area contributed by atoms with Crippen LogP contribution in [0.3, 0.4) is 0 Å². The third-order valence-electron chi connectivity index (χ3n) is 3.28. The number of rotatable bonds is 3.